The zero-order chi connectivity index (χ0) is 15.6. The Morgan fingerprint density at radius 1 is 1.23 bits per heavy atom. The summed E-state index contributed by atoms with van der Waals surface area (Å²) in [7, 11) is 0. The molecule has 1 atom stereocenters. The highest BCUT2D eigenvalue weighted by molar-refractivity contribution is 5.79. The van der Waals surface area contributed by atoms with E-state index in [0.717, 1.165) is 38.6 Å². The lowest BCUT2D eigenvalue weighted by molar-refractivity contribution is 0.250. The van der Waals surface area contributed by atoms with Crippen LogP contribution in [0.3, 0.4) is 0 Å². The lowest BCUT2D eigenvalue weighted by Crippen LogP contribution is -2.39. The van der Waals surface area contributed by atoms with Crippen LogP contribution in [0.4, 0.5) is 0 Å². The smallest absolute Gasteiger partial charge is 0.191 e. The van der Waals surface area contributed by atoms with Crippen LogP contribution < -0.4 is 10.6 Å². The van der Waals surface area contributed by atoms with E-state index in [2.05, 4.69) is 59.7 Å². The first-order valence-electron chi connectivity index (χ1n) is 8.63. The van der Waals surface area contributed by atoms with Crippen LogP contribution in [0.1, 0.15) is 38.7 Å². The standard InChI is InChI=1S/C18H30N4/c1-3-12-20-18(19-4-2)21-14-17-11-8-13-22(17)15-16-9-6-5-7-10-16/h5-7,9-10,17H,3-4,8,11-15H2,1-2H3,(H2,19,20,21). The van der Waals surface area contributed by atoms with Crippen LogP contribution in [-0.2, 0) is 6.54 Å². The van der Waals surface area contributed by atoms with Crippen LogP contribution in [0.2, 0.25) is 0 Å². The van der Waals surface area contributed by atoms with Gasteiger partial charge in [0, 0.05) is 25.7 Å². The van der Waals surface area contributed by atoms with E-state index in [9.17, 15) is 0 Å². The Bertz CT molecular complexity index is 444. The van der Waals surface area contributed by atoms with Gasteiger partial charge in [-0.1, -0.05) is 37.3 Å². The first kappa shape index (κ1) is 16.8. The Morgan fingerprint density at radius 2 is 2.05 bits per heavy atom. The van der Waals surface area contributed by atoms with Gasteiger partial charge in [0.15, 0.2) is 5.96 Å². The Kier molecular flexibility index (Phi) is 7.23. The van der Waals surface area contributed by atoms with Gasteiger partial charge in [-0.25, -0.2) is 0 Å². The molecule has 0 amide bonds. The number of likely N-dealkylation sites (tertiary alicyclic amines) is 1. The molecule has 2 rings (SSSR count). The topological polar surface area (TPSA) is 39.7 Å². The summed E-state index contributed by atoms with van der Waals surface area (Å²) in [5.41, 5.74) is 1.40. The number of guanidine groups is 1. The third-order valence-corrected chi connectivity index (χ3v) is 4.07. The molecule has 22 heavy (non-hydrogen) atoms. The maximum Gasteiger partial charge on any atom is 0.191 e. The fourth-order valence-electron chi connectivity index (χ4n) is 2.91. The number of nitrogens with zero attached hydrogens (tertiary/aromatic N) is 2. The van der Waals surface area contributed by atoms with Gasteiger partial charge < -0.3 is 10.6 Å². The van der Waals surface area contributed by atoms with E-state index in [0.29, 0.717) is 6.04 Å². The van der Waals surface area contributed by atoms with E-state index in [-0.39, 0.29) is 0 Å². The normalized spacial score (nSPS) is 19.4. The first-order chi connectivity index (χ1) is 10.8. The van der Waals surface area contributed by atoms with Crippen molar-refractivity contribution in [2.45, 2.75) is 45.7 Å². The lowest BCUT2D eigenvalue weighted by Gasteiger charge is -2.23. The maximum atomic E-state index is 4.78. The monoisotopic (exact) mass is 302 g/mol. The van der Waals surface area contributed by atoms with Crippen molar-refractivity contribution in [3.63, 3.8) is 0 Å². The second-order valence-corrected chi connectivity index (χ2v) is 5.90. The van der Waals surface area contributed by atoms with Crippen LogP contribution in [-0.4, -0.2) is 43.1 Å². The van der Waals surface area contributed by atoms with E-state index >= 15 is 0 Å². The third-order valence-electron chi connectivity index (χ3n) is 4.07. The molecule has 1 unspecified atom stereocenters. The second-order valence-electron chi connectivity index (χ2n) is 5.90. The highest BCUT2D eigenvalue weighted by Crippen LogP contribution is 2.20. The average Bonchev–Trinajstić information content (AvgIpc) is 2.98. The van der Waals surface area contributed by atoms with Gasteiger partial charge in [0.1, 0.15) is 0 Å². The molecule has 0 bridgehead atoms. The van der Waals surface area contributed by atoms with Crippen LogP contribution in [0.25, 0.3) is 0 Å². The Balaban J connectivity index is 1.89. The summed E-state index contributed by atoms with van der Waals surface area (Å²) < 4.78 is 0. The molecule has 1 heterocycles. The van der Waals surface area contributed by atoms with Gasteiger partial charge in [-0.2, -0.15) is 0 Å². The van der Waals surface area contributed by atoms with E-state index in [1.54, 1.807) is 0 Å². The summed E-state index contributed by atoms with van der Waals surface area (Å²) in [6.45, 7) is 9.29. The minimum atomic E-state index is 0.567. The average molecular weight is 302 g/mol. The number of benzene rings is 1. The molecule has 0 aliphatic carbocycles. The zero-order valence-electron chi connectivity index (χ0n) is 14.0. The SMILES string of the molecule is CCCNC(=NCC1CCCN1Cc1ccccc1)NCC. The molecule has 1 aromatic carbocycles. The summed E-state index contributed by atoms with van der Waals surface area (Å²) in [6, 6.07) is 11.3. The molecule has 1 aliphatic heterocycles. The fraction of sp³-hybridized carbons (Fsp3) is 0.611. The van der Waals surface area contributed by atoms with Crippen molar-refractivity contribution >= 4 is 5.96 Å². The van der Waals surface area contributed by atoms with Crippen LogP contribution in [0.15, 0.2) is 35.3 Å². The van der Waals surface area contributed by atoms with Gasteiger partial charge in [-0.05, 0) is 38.3 Å². The molecule has 0 radical (unpaired) electrons. The van der Waals surface area contributed by atoms with E-state index < -0.39 is 0 Å². The molecular formula is C18H30N4. The summed E-state index contributed by atoms with van der Waals surface area (Å²) in [5.74, 6) is 0.955. The van der Waals surface area contributed by atoms with E-state index in [1.165, 1.54) is 24.9 Å². The van der Waals surface area contributed by atoms with Crippen molar-refractivity contribution in [1.82, 2.24) is 15.5 Å². The predicted octanol–water partition coefficient (Wildman–Crippen LogP) is 2.62. The molecule has 0 saturated carbocycles. The molecular weight excluding hydrogens is 272 g/mol. The van der Waals surface area contributed by atoms with Crippen molar-refractivity contribution in [3.8, 4) is 0 Å². The highest BCUT2D eigenvalue weighted by atomic mass is 15.2. The third kappa shape index (κ3) is 5.34. The van der Waals surface area contributed by atoms with Crippen molar-refractivity contribution in [3.05, 3.63) is 35.9 Å². The van der Waals surface area contributed by atoms with E-state index in [4.69, 9.17) is 4.99 Å². The van der Waals surface area contributed by atoms with Crippen molar-refractivity contribution in [2.24, 2.45) is 4.99 Å². The minimum Gasteiger partial charge on any atom is -0.357 e. The molecule has 122 valence electrons. The van der Waals surface area contributed by atoms with Crippen molar-refractivity contribution in [2.75, 3.05) is 26.2 Å². The molecule has 0 spiro atoms. The first-order valence-corrected chi connectivity index (χ1v) is 8.63. The van der Waals surface area contributed by atoms with Gasteiger partial charge in [-0.15, -0.1) is 0 Å². The number of aliphatic imine (C=N–C) groups is 1. The second kappa shape index (κ2) is 9.46. The number of hydrogen-bond acceptors (Lipinski definition) is 2. The largest absolute Gasteiger partial charge is 0.357 e. The number of nitrogens with one attached hydrogen (secondary N) is 2. The molecule has 1 saturated heterocycles. The quantitative estimate of drug-likeness (QED) is 0.601. The number of hydrogen-bond donors (Lipinski definition) is 2. The van der Waals surface area contributed by atoms with Crippen LogP contribution in [0, 0.1) is 0 Å². The van der Waals surface area contributed by atoms with Gasteiger partial charge in [0.25, 0.3) is 0 Å². The Hall–Kier alpha value is -1.55. The highest BCUT2D eigenvalue weighted by Gasteiger charge is 2.24. The summed E-state index contributed by atoms with van der Waals surface area (Å²) in [4.78, 5) is 7.35. The van der Waals surface area contributed by atoms with Crippen LogP contribution >= 0.6 is 0 Å². The molecule has 0 aromatic heterocycles. The van der Waals surface area contributed by atoms with Crippen LogP contribution in [0.5, 0.6) is 0 Å². The predicted molar refractivity (Wildman–Crippen MR) is 94.1 cm³/mol. The van der Waals surface area contributed by atoms with Gasteiger partial charge in [-0.3, -0.25) is 9.89 Å². The molecule has 1 aromatic rings. The van der Waals surface area contributed by atoms with Gasteiger partial charge in [0.2, 0.25) is 0 Å². The van der Waals surface area contributed by atoms with Gasteiger partial charge in [0.05, 0.1) is 6.54 Å². The molecule has 4 heteroatoms. The number of rotatable bonds is 7. The Morgan fingerprint density at radius 3 is 2.77 bits per heavy atom. The van der Waals surface area contributed by atoms with Crippen molar-refractivity contribution in [1.29, 1.82) is 0 Å². The summed E-state index contributed by atoms with van der Waals surface area (Å²) in [5, 5.41) is 6.71. The molecule has 4 nitrogen and oxygen atoms in total. The zero-order valence-corrected chi connectivity index (χ0v) is 14.0. The fourth-order valence-corrected chi connectivity index (χ4v) is 2.91. The van der Waals surface area contributed by atoms with E-state index in [1.807, 2.05) is 0 Å². The summed E-state index contributed by atoms with van der Waals surface area (Å²) in [6.07, 6.45) is 3.66. The van der Waals surface area contributed by atoms with Crippen molar-refractivity contribution < 1.29 is 0 Å². The maximum absolute atomic E-state index is 4.78. The molecule has 1 aliphatic rings. The Labute approximate surface area is 135 Å². The molecule has 2 N–H and O–H groups in total. The minimum absolute atomic E-state index is 0.567. The lowest BCUT2D eigenvalue weighted by atomic mass is 10.2. The molecule has 1 fully saturated rings. The van der Waals surface area contributed by atoms with Gasteiger partial charge >= 0.3 is 0 Å². The summed E-state index contributed by atoms with van der Waals surface area (Å²) >= 11 is 0.